The maximum Gasteiger partial charge on any atom is 0.306 e. The highest BCUT2D eigenvalue weighted by atomic mass is 16.5. The Morgan fingerprint density at radius 3 is 1.24 bits per heavy atom. The van der Waals surface area contributed by atoms with Gasteiger partial charge in [-0.25, -0.2) is 0 Å². The standard InChI is InChI=1S/C57H105NO5/c1-4-7-10-13-16-19-22-25-26-27-28-29-30-32-35-38-41-44-47-50-57(62)63-53(48-45-42-39-36-33-24-21-18-15-12-9-6-3)51-56(61)58-54(52-59)55(60)49-46-43-40-37-34-31-23-20-17-14-11-8-5-2/h16,19,25-26,28-29,32,35,53-55,59-60H,4-15,17-18,20-24,27,30-31,33-34,36-52H2,1-3H3,(H,58,61)/b19-16-,26-25-,29-28-,35-32-. The lowest BCUT2D eigenvalue weighted by Gasteiger charge is -2.24. The summed E-state index contributed by atoms with van der Waals surface area (Å²) in [7, 11) is 0. The van der Waals surface area contributed by atoms with Crippen molar-refractivity contribution < 1.29 is 24.5 Å². The van der Waals surface area contributed by atoms with Gasteiger partial charge in [-0.15, -0.1) is 0 Å². The van der Waals surface area contributed by atoms with Crippen LogP contribution in [0.25, 0.3) is 0 Å². The Balaban J connectivity index is 4.57. The smallest absolute Gasteiger partial charge is 0.306 e. The predicted octanol–water partition coefficient (Wildman–Crippen LogP) is 16.6. The summed E-state index contributed by atoms with van der Waals surface area (Å²) in [5.41, 5.74) is 0. The zero-order valence-corrected chi connectivity index (χ0v) is 42.0. The normalized spacial score (nSPS) is 13.5. The van der Waals surface area contributed by atoms with Crippen molar-refractivity contribution in [3.05, 3.63) is 48.6 Å². The molecule has 63 heavy (non-hydrogen) atoms. The van der Waals surface area contributed by atoms with Gasteiger partial charge in [-0.2, -0.15) is 0 Å². The molecule has 6 heteroatoms. The summed E-state index contributed by atoms with van der Waals surface area (Å²) in [4.78, 5) is 26.2. The van der Waals surface area contributed by atoms with Crippen molar-refractivity contribution in [3.8, 4) is 0 Å². The van der Waals surface area contributed by atoms with Gasteiger partial charge in [0.15, 0.2) is 0 Å². The molecule has 368 valence electrons. The molecule has 0 fully saturated rings. The molecule has 0 rings (SSSR count). The molecule has 0 saturated heterocycles. The summed E-state index contributed by atoms with van der Waals surface area (Å²) in [5.74, 6) is -0.500. The van der Waals surface area contributed by atoms with Gasteiger partial charge in [-0.1, -0.05) is 243 Å². The van der Waals surface area contributed by atoms with Crippen LogP contribution in [-0.4, -0.2) is 46.9 Å². The maximum absolute atomic E-state index is 13.2. The number of aliphatic hydroxyl groups is 2. The molecule has 0 aliphatic carbocycles. The number of rotatable bonds is 49. The first kappa shape index (κ1) is 60.8. The lowest BCUT2D eigenvalue weighted by atomic mass is 10.0. The molecule has 3 N–H and O–H groups in total. The van der Waals surface area contributed by atoms with Crippen LogP contribution < -0.4 is 5.32 Å². The van der Waals surface area contributed by atoms with Gasteiger partial charge in [0, 0.05) is 6.42 Å². The van der Waals surface area contributed by atoms with Gasteiger partial charge in [-0.05, 0) is 70.6 Å². The molecular weight excluding hydrogens is 779 g/mol. The number of amides is 1. The molecule has 0 aliphatic rings. The molecule has 3 atom stereocenters. The lowest BCUT2D eigenvalue weighted by Crippen LogP contribution is -2.46. The van der Waals surface area contributed by atoms with Crippen LogP contribution in [0.5, 0.6) is 0 Å². The van der Waals surface area contributed by atoms with Crippen LogP contribution in [0.2, 0.25) is 0 Å². The van der Waals surface area contributed by atoms with Crippen LogP contribution in [0.1, 0.15) is 278 Å². The molecule has 0 aromatic rings. The van der Waals surface area contributed by atoms with Crippen LogP contribution in [0, 0.1) is 0 Å². The van der Waals surface area contributed by atoms with E-state index in [-0.39, 0.29) is 24.9 Å². The van der Waals surface area contributed by atoms with Crippen molar-refractivity contribution in [2.75, 3.05) is 6.61 Å². The van der Waals surface area contributed by atoms with Gasteiger partial charge in [0.25, 0.3) is 0 Å². The van der Waals surface area contributed by atoms with Crippen LogP contribution in [-0.2, 0) is 14.3 Å². The van der Waals surface area contributed by atoms with Gasteiger partial charge < -0.3 is 20.3 Å². The van der Waals surface area contributed by atoms with E-state index in [1.54, 1.807) is 0 Å². The van der Waals surface area contributed by atoms with Gasteiger partial charge in [-0.3, -0.25) is 9.59 Å². The topological polar surface area (TPSA) is 95.9 Å². The molecular formula is C57H105NO5. The first-order chi connectivity index (χ1) is 31.0. The molecule has 0 saturated carbocycles. The van der Waals surface area contributed by atoms with Crippen LogP contribution in [0.4, 0.5) is 0 Å². The Morgan fingerprint density at radius 1 is 0.460 bits per heavy atom. The summed E-state index contributed by atoms with van der Waals surface area (Å²) in [6.45, 7) is 6.46. The van der Waals surface area contributed by atoms with E-state index in [4.69, 9.17) is 4.74 Å². The summed E-state index contributed by atoms with van der Waals surface area (Å²) in [6.07, 6.45) is 61.7. The highest BCUT2D eigenvalue weighted by molar-refractivity contribution is 5.77. The van der Waals surface area contributed by atoms with E-state index in [9.17, 15) is 19.8 Å². The molecule has 0 heterocycles. The number of aliphatic hydroxyl groups excluding tert-OH is 2. The Hall–Kier alpha value is -2.18. The molecule has 0 aliphatic heterocycles. The predicted molar refractivity (Wildman–Crippen MR) is 273 cm³/mol. The Bertz CT molecular complexity index is 1080. The van der Waals surface area contributed by atoms with E-state index >= 15 is 0 Å². The lowest BCUT2D eigenvalue weighted by molar-refractivity contribution is -0.151. The molecule has 1 amide bonds. The summed E-state index contributed by atoms with van der Waals surface area (Å²) >= 11 is 0. The largest absolute Gasteiger partial charge is 0.462 e. The second-order valence-electron chi connectivity index (χ2n) is 18.6. The molecule has 6 nitrogen and oxygen atoms in total. The highest BCUT2D eigenvalue weighted by Crippen LogP contribution is 2.18. The van der Waals surface area contributed by atoms with E-state index < -0.39 is 18.2 Å². The summed E-state index contributed by atoms with van der Waals surface area (Å²) in [5, 5.41) is 23.8. The summed E-state index contributed by atoms with van der Waals surface area (Å²) in [6, 6.07) is -0.706. The number of esters is 1. The minimum absolute atomic E-state index is 0.0673. The Kier molecular flexibility index (Phi) is 49.1. The van der Waals surface area contributed by atoms with E-state index in [1.165, 1.54) is 154 Å². The van der Waals surface area contributed by atoms with Crippen molar-refractivity contribution in [2.24, 2.45) is 0 Å². The number of hydrogen-bond acceptors (Lipinski definition) is 5. The first-order valence-corrected chi connectivity index (χ1v) is 27.4. The Morgan fingerprint density at radius 2 is 0.810 bits per heavy atom. The average Bonchev–Trinajstić information content (AvgIpc) is 3.28. The fraction of sp³-hybridized carbons (Fsp3) is 0.825. The van der Waals surface area contributed by atoms with Crippen molar-refractivity contribution in [1.29, 1.82) is 0 Å². The van der Waals surface area contributed by atoms with Crippen molar-refractivity contribution in [3.63, 3.8) is 0 Å². The molecule has 0 bridgehead atoms. The van der Waals surface area contributed by atoms with Crippen LogP contribution >= 0.6 is 0 Å². The van der Waals surface area contributed by atoms with E-state index in [2.05, 4.69) is 74.7 Å². The van der Waals surface area contributed by atoms with Crippen LogP contribution in [0.15, 0.2) is 48.6 Å². The number of nitrogens with one attached hydrogen (secondary N) is 1. The minimum Gasteiger partial charge on any atom is -0.462 e. The zero-order valence-electron chi connectivity index (χ0n) is 42.0. The monoisotopic (exact) mass is 884 g/mol. The number of carbonyl (C=O) groups is 2. The number of hydrogen-bond donors (Lipinski definition) is 3. The fourth-order valence-corrected chi connectivity index (χ4v) is 8.24. The SMILES string of the molecule is CCCCC/C=C\C/C=C\C/C=C\C/C=C\CCCCCC(=O)OC(CCCCCCCCCCCCCC)CC(=O)NC(CO)C(O)CCCCCCCCCCCCCCC. The maximum atomic E-state index is 13.2. The van der Waals surface area contributed by atoms with Crippen molar-refractivity contribution in [1.82, 2.24) is 5.32 Å². The fourth-order valence-electron chi connectivity index (χ4n) is 8.24. The quantitative estimate of drug-likeness (QED) is 0.0321. The second-order valence-corrected chi connectivity index (χ2v) is 18.6. The van der Waals surface area contributed by atoms with Gasteiger partial charge in [0.1, 0.15) is 6.10 Å². The number of carbonyl (C=O) groups excluding carboxylic acids is 2. The number of unbranched alkanes of at least 4 members (excludes halogenated alkanes) is 29. The third-order valence-electron chi connectivity index (χ3n) is 12.4. The van der Waals surface area contributed by atoms with Gasteiger partial charge >= 0.3 is 5.97 Å². The van der Waals surface area contributed by atoms with E-state index in [0.29, 0.717) is 19.3 Å². The summed E-state index contributed by atoms with van der Waals surface area (Å²) < 4.78 is 5.93. The third kappa shape index (κ3) is 46.2. The molecule has 0 spiro atoms. The molecule has 3 unspecified atom stereocenters. The van der Waals surface area contributed by atoms with Crippen molar-refractivity contribution >= 4 is 11.9 Å². The highest BCUT2D eigenvalue weighted by Gasteiger charge is 2.24. The minimum atomic E-state index is -0.792. The van der Waals surface area contributed by atoms with Gasteiger partial charge in [0.05, 0.1) is 25.2 Å². The average molecular weight is 884 g/mol. The molecule has 0 radical (unpaired) electrons. The zero-order chi connectivity index (χ0) is 45.9. The second kappa shape index (κ2) is 50.8. The third-order valence-corrected chi connectivity index (χ3v) is 12.4. The van der Waals surface area contributed by atoms with Gasteiger partial charge in [0.2, 0.25) is 5.91 Å². The number of allylic oxidation sites excluding steroid dienone is 8. The first-order valence-electron chi connectivity index (χ1n) is 27.4. The van der Waals surface area contributed by atoms with Crippen molar-refractivity contribution in [2.45, 2.75) is 296 Å². The Labute approximate surface area is 391 Å². The van der Waals surface area contributed by atoms with E-state index in [1.807, 2.05) is 0 Å². The number of ether oxygens (including phenoxy) is 1. The molecule has 0 aromatic carbocycles. The molecule has 0 aromatic heterocycles. The van der Waals surface area contributed by atoms with Crippen LogP contribution in [0.3, 0.4) is 0 Å². The van der Waals surface area contributed by atoms with E-state index in [0.717, 1.165) is 77.0 Å².